The highest BCUT2D eigenvalue weighted by molar-refractivity contribution is 5.71. The first-order valence-corrected chi connectivity index (χ1v) is 6.26. The van der Waals surface area contributed by atoms with Crippen molar-refractivity contribution in [2.45, 2.75) is 58.6 Å². The SMILES string of the molecule is CC(C)(C)OC(=O)N1CCC(CC(=O)O)C1(C)C. The average Bonchev–Trinajstić information content (AvgIpc) is 2.38. The molecule has 1 heterocycles. The van der Waals surface area contributed by atoms with Gasteiger partial charge in [-0.25, -0.2) is 4.79 Å². The van der Waals surface area contributed by atoms with Crippen LogP contribution in [-0.2, 0) is 9.53 Å². The normalized spacial score (nSPS) is 22.9. The Morgan fingerprint density at radius 1 is 1.39 bits per heavy atom. The number of aliphatic carboxylic acids is 1. The number of carbonyl (C=O) groups is 2. The summed E-state index contributed by atoms with van der Waals surface area (Å²) in [6.07, 6.45) is 0.436. The van der Waals surface area contributed by atoms with Gasteiger partial charge < -0.3 is 14.7 Å². The topological polar surface area (TPSA) is 66.8 Å². The largest absolute Gasteiger partial charge is 0.481 e. The van der Waals surface area contributed by atoms with Crippen molar-refractivity contribution in [1.29, 1.82) is 0 Å². The third-order valence-corrected chi connectivity index (χ3v) is 3.43. The highest BCUT2D eigenvalue weighted by atomic mass is 16.6. The fourth-order valence-corrected chi connectivity index (χ4v) is 2.35. The molecule has 0 bridgehead atoms. The first-order chi connectivity index (χ1) is 8.04. The van der Waals surface area contributed by atoms with E-state index in [1.54, 1.807) is 4.90 Å². The number of carboxylic acid groups (broad SMARTS) is 1. The van der Waals surface area contributed by atoms with Gasteiger partial charge in [0.2, 0.25) is 0 Å². The van der Waals surface area contributed by atoms with Crippen LogP contribution in [0.1, 0.15) is 47.5 Å². The van der Waals surface area contributed by atoms with Crippen molar-refractivity contribution in [1.82, 2.24) is 4.90 Å². The zero-order valence-electron chi connectivity index (χ0n) is 11.8. The average molecular weight is 257 g/mol. The molecule has 1 N–H and O–H groups in total. The number of nitrogens with zero attached hydrogens (tertiary/aromatic N) is 1. The number of ether oxygens (including phenoxy) is 1. The first kappa shape index (κ1) is 14.8. The zero-order chi connectivity index (χ0) is 14.1. The highest BCUT2D eigenvalue weighted by Gasteiger charge is 2.45. The Kier molecular flexibility index (Phi) is 3.93. The van der Waals surface area contributed by atoms with E-state index < -0.39 is 17.1 Å². The van der Waals surface area contributed by atoms with Gasteiger partial charge in [-0.15, -0.1) is 0 Å². The van der Waals surface area contributed by atoms with Gasteiger partial charge in [-0.2, -0.15) is 0 Å². The minimum Gasteiger partial charge on any atom is -0.481 e. The predicted octanol–water partition coefficient (Wildman–Crippen LogP) is 2.50. The molecule has 0 spiro atoms. The molecule has 1 saturated heterocycles. The molecule has 5 nitrogen and oxygen atoms in total. The fraction of sp³-hybridized carbons (Fsp3) is 0.846. The lowest BCUT2D eigenvalue weighted by atomic mass is 9.86. The number of likely N-dealkylation sites (tertiary alicyclic amines) is 1. The Labute approximate surface area is 108 Å². The molecular formula is C13H23NO4. The lowest BCUT2D eigenvalue weighted by Gasteiger charge is -2.36. The molecule has 0 saturated carbocycles. The molecule has 1 fully saturated rings. The Hall–Kier alpha value is -1.26. The Morgan fingerprint density at radius 2 is 1.94 bits per heavy atom. The number of amides is 1. The molecule has 0 aromatic rings. The van der Waals surface area contributed by atoms with Crippen LogP contribution in [0.2, 0.25) is 0 Å². The van der Waals surface area contributed by atoms with Gasteiger partial charge in [-0.3, -0.25) is 4.79 Å². The van der Waals surface area contributed by atoms with Gasteiger partial charge in [0.25, 0.3) is 0 Å². The quantitative estimate of drug-likeness (QED) is 0.825. The van der Waals surface area contributed by atoms with Gasteiger partial charge >= 0.3 is 12.1 Å². The maximum Gasteiger partial charge on any atom is 0.410 e. The van der Waals surface area contributed by atoms with Crippen LogP contribution < -0.4 is 0 Å². The van der Waals surface area contributed by atoms with Gasteiger partial charge in [0.15, 0.2) is 0 Å². The van der Waals surface area contributed by atoms with Crippen LogP contribution in [0, 0.1) is 5.92 Å². The molecule has 1 aliphatic heterocycles. The molecule has 1 rings (SSSR count). The summed E-state index contributed by atoms with van der Waals surface area (Å²) < 4.78 is 5.35. The monoisotopic (exact) mass is 257 g/mol. The number of carboxylic acids is 1. The second-order valence-corrected chi connectivity index (χ2v) is 6.37. The number of hydrogen-bond donors (Lipinski definition) is 1. The summed E-state index contributed by atoms with van der Waals surface area (Å²) in [5, 5.41) is 8.88. The van der Waals surface area contributed by atoms with Crippen molar-refractivity contribution >= 4 is 12.1 Å². The maximum atomic E-state index is 12.1. The van der Waals surface area contributed by atoms with E-state index in [0.717, 1.165) is 0 Å². The highest BCUT2D eigenvalue weighted by Crippen LogP contribution is 2.37. The van der Waals surface area contributed by atoms with Crippen molar-refractivity contribution in [3.8, 4) is 0 Å². The van der Waals surface area contributed by atoms with Crippen LogP contribution in [0.5, 0.6) is 0 Å². The standard InChI is InChI=1S/C13H23NO4/c1-12(2,3)18-11(17)14-7-6-9(8-10(15)16)13(14,4)5/h9H,6-8H2,1-5H3,(H,15,16). The predicted molar refractivity (Wildman–Crippen MR) is 67.4 cm³/mol. The summed E-state index contributed by atoms with van der Waals surface area (Å²) in [7, 11) is 0. The van der Waals surface area contributed by atoms with Gasteiger partial charge in [-0.05, 0) is 47.0 Å². The van der Waals surface area contributed by atoms with Crippen molar-refractivity contribution in [3.63, 3.8) is 0 Å². The van der Waals surface area contributed by atoms with Crippen LogP contribution in [0.3, 0.4) is 0 Å². The second kappa shape index (κ2) is 4.78. The third-order valence-electron chi connectivity index (χ3n) is 3.43. The van der Waals surface area contributed by atoms with Gasteiger partial charge in [0.05, 0.1) is 6.42 Å². The van der Waals surface area contributed by atoms with E-state index >= 15 is 0 Å². The molecule has 1 atom stereocenters. The van der Waals surface area contributed by atoms with E-state index in [-0.39, 0.29) is 18.4 Å². The van der Waals surface area contributed by atoms with Gasteiger partial charge in [-0.1, -0.05) is 0 Å². The van der Waals surface area contributed by atoms with Crippen molar-refractivity contribution < 1.29 is 19.4 Å². The van der Waals surface area contributed by atoms with Crippen molar-refractivity contribution in [2.75, 3.05) is 6.54 Å². The summed E-state index contributed by atoms with van der Waals surface area (Å²) in [6.45, 7) is 9.82. The minimum absolute atomic E-state index is 0.0254. The molecule has 0 aliphatic carbocycles. The summed E-state index contributed by atoms with van der Waals surface area (Å²) in [6, 6.07) is 0. The molecule has 1 amide bonds. The van der Waals surface area contributed by atoms with Crippen LogP contribution in [0.25, 0.3) is 0 Å². The summed E-state index contributed by atoms with van der Waals surface area (Å²) >= 11 is 0. The molecule has 18 heavy (non-hydrogen) atoms. The zero-order valence-corrected chi connectivity index (χ0v) is 11.8. The van der Waals surface area contributed by atoms with Crippen LogP contribution in [-0.4, -0.2) is 39.8 Å². The first-order valence-electron chi connectivity index (χ1n) is 6.26. The summed E-state index contributed by atoms with van der Waals surface area (Å²) in [4.78, 5) is 24.5. The van der Waals surface area contributed by atoms with Crippen LogP contribution in [0.15, 0.2) is 0 Å². The Morgan fingerprint density at radius 3 is 2.39 bits per heavy atom. The number of rotatable bonds is 2. The van der Waals surface area contributed by atoms with E-state index in [9.17, 15) is 9.59 Å². The van der Waals surface area contributed by atoms with E-state index in [4.69, 9.17) is 9.84 Å². The molecule has 1 unspecified atom stereocenters. The van der Waals surface area contributed by atoms with Crippen molar-refractivity contribution in [2.24, 2.45) is 5.92 Å². The molecule has 0 aromatic carbocycles. The molecule has 5 heteroatoms. The molecule has 1 aliphatic rings. The van der Waals surface area contributed by atoms with Crippen LogP contribution in [0.4, 0.5) is 4.79 Å². The molecule has 104 valence electrons. The third kappa shape index (κ3) is 3.37. The van der Waals surface area contributed by atoms with E-state index in [1.165, 1.54) is 0 Å². The van der Waals surface area contributed by atoms with Crippen LogP contribution >= 0.6 is 0 Å². The Bertz CT molecular complexity index is 343. The molecule has 0 radical (unpaired) electrons. The summed E-state index contributed by atoms with van der Waals surface area (Å²) in [5.74, 6) is -0.846. The minimum atomic E-state index is -0.820. The lowest BCUT2D eigenvalue weighted by molar-refractivity contribution is -0.138. The summed E-state index contributed by atoms with van der Waals surface area (Å²) in [5.41, 5.74) is -1.00. The van der Waals surface area contributed by atoms with Gasteiger partial charge in [0, 0.05) is 12.1 Å². The van der Waals surface area contributed by atoms with Crippen molar-refractivity contribution in [3.05, 3.63) is 0 Å². The fourth-order valence-electron chi connectivity index (χ4n) is 2.35. The Balaban J connectivity index is 2.75. The van der Waals surface area contributed by atoms with Gasteiger partial charge in [0.1, 0.15) is 5.60 Å². The smallest absolute Gasteiger partial charge is 0.410 e. The molecule has 0 aromatic heterocycles. The number of carbonyl (C=O) groups excluding carboxylic acids is 1. The lowest BCUT2D eigenvalue weighted by Crippen LogP contribution is -2.48. The van der Waals surface area contributed by atoms with E-state index in [1.807, 2.05) is 34.6 Å². The van der Waals surface area contributed by atoms with E-state index in [0.29, 0.717) is 13.0 Å². The van der Waals surface area contributed by atoms with E-state index in [2.05, 4.69) is 0 Å². The molecular weight excluding hydrogens is 234 g/mol. The number of hydrogen-bond acceptors (Lipinski definition) is 3. The second-order valence-electron chi connectivity index (χ2n) is 6.37. The maximum absolute atomic E-state index is 12.1.